The first kappa shape index (κ1) is 18.1. The summed E-state index contributed by atoms with van der Waals surface area (Å²) in [5.41, 5.74) is 1.87. The van der Waals surface area contributed by atoms with E-state index in [0.717, 1.165) is 11.3 Å². The molecule has 1 amide bonds. The molecule has 0 unspecified atom stereocenters. The Labute approximate surface area is 155 Å². The molecule has 1 heterocycles. The Morgan fingerprint density at radius 1 is 1.15 bits per heavy atom. The highest BCUT2D eigenvalue weighted by Gasteiger charge is 2.14. The maximum Gasteiger partial charge on any atom is 0.310 e. The number of nitrogens with zero attached hydrogens (tertiary/aromatic N) is 3. The zero-order chi connectivity index (χ0) is 19.1. The van der Waals surface area contributed by atoms with Crippen molar-refractivity contribution in [2.45, 2.75) is 6.42 Å². The minimum Gasteiger partial charge on any atom is -0.477 e. The number of carbonyl (C=O) groups is 1. The van der Waals surface area contributed by atoms with Crippen molar-refractivity contribution < 1.29 is 14.5 Å². The lowest BCUT2D eigenvalue weighted by atomic mass is 10.1. The third kappa shape index (κ3) is 4.91. The molecule has 0 radical (unpaired) electrons. The van der Waals surface area contributed by atoms with Gasteiger partial charge in [-0.05, 0) is 36.2 Å². The van der Waals surface area contributed by atoms with Crippen molar-refractivity contribution in [1.29, 1.82) is 0 Å². The van der Waals surface area contributed by atoms with E-state index in [9.17, 15) is 14.9 Å². The molecule has 0 saturated heterocycles. The largest absolute Gasteiger partial charge is 0.477 e. The number of amides is 1. The molecule has 8 heteroatoms. The summed E-state index contributed by atoms with van der Waals surface area (Å²) in [7, 11) is 0. The number of rotatable bonds is 8. The molecular formula is C19H18N4O4. The molecule has 27 heavy (non-hydrogen) atoms. The molecule has 1 aromatic heterocycles. The Hall–Kier alpha value is -3.68. The van der Waals surface area contributed by atoms with Crippen molar-refractivity contribution in [2.24, 2.45) is 0 Å². The third-order valence-electron chi connectivity index (χ3n) is 3.86. The van der Waals surface area contributed by atoms with Gasteiger partial charge in [0, 0.05) is 25.0 Å². The number of carbonyl (C=O) groups excluding carboxylic acids is 1. The first-order valence-electron chi connectivity index (χ1n) is 8.35. The summed E-state index contributed by atoms with van der Waals surface area (Å²) in [6, 6.07) is 15.7. The fraction of sp³-hybridized carbons (Fsp3) is 0.158. The summed E-state index contributed by atoms with van der Waals surface area (Å²) in [6.45, 7) is 0.170. The molecule has 1 N–H and O–H groups in total. The molecule has 0 spiro atoms. The number of hydrogen-bond donors (Lipinski definition) is 1. The van der Waals surface area contributed by atoms with Gasteiger partial charge in [-0.1, -0.05) is 24.3 Å². The van der Waals surface area contributed by atoms with Crippen LogP contribution in [0.3, 0.4) is 0 Å². The van der Waals surface area contributed by atoms with E-state index in [1.165, 1.54) is 12.1 Å². The Kier molecular flexibility index (Phi) is 5.78. The molecule has 0 atom stereocenters. The zero-order valence-electron chi connectivity index (χ0n) is 14.4. The highest BCUT2D eigenvalue weighted by Crippen LogP contribution is 2.25. The molecule has 3 aromatic rings. The summed E-state index contributed by atoms with van der Waals surface area (Å²) in [5, 5.41) is 17.8. The van der Waals surface area contributed by atoms with Crippen molar-refractivity contribution in [3.05, 3.63) is 82.7 Å². The van der Waals surface area contributed by atoms with E-state index in [4.69, 9.17) is 4.74 Å². The van der Waals surface area contributed by atoms with Crippen LogP contribution in [0.25, 0.3) is 5.69 Å². The number of hydrogen-bond acceptors (Lipinski definition) is 5. The van der Waals surface area contributed by atoms with E-state index >= 15 is 0 Å². The maximum absolute atomic E-state index is 11.9. The molecule has 8 nitrogen and oxygen atoms in total. The monoisotopic (exact) mass is 366 g/mol. The lowest BCUT2D eigenvalue weighted by Gasteiger charge is -2.08. The molecule has 0 fully saturated rings. The minimum absolute atomic E-state index is 0.0758. The Bertz CT molecular complexity index is 908. The number of nitrogens with one attached hydrogen (secondary N) is 1. The Morgan fingerprint density at radius 3 is 2.63 bits per heavy atom. The van der Waals surface area contributed by atoms with Crippen LogP contribution in [-0.2, 0) is 11.2 Å². The van der Waals surface area contributed by atoms with E-state index in [2.05, 4.69) is 10.4 Å². The first-order chi connectivity index (χ1) is 13.1. The van der Waals surface area contributed by atoms with Crippen LogP contribution in [0.2, 0.25) is 0 Å². The third-order valence-corrected chi connectivity index (χ3v) is 3.86. The van der Waals surface area contributed by atoms with E-state index in [0.29, 0.717) is 13.0 Å². The number of benzene rings is 2. The first-order valence-corrected chi connectivity index (χ1v) is 8.35. The van der Waals surface area contributed by atoms with E-state index in [1.54, 1.807) is 23.0 Å². The van der Waals surface area contributed by atoms with Gasteiger partial charge in [0.15, 0.2) is 12.4 Å². The molecule has 0 aliphatic rings. The molecule has 0 bridgehead atoms. The second-order valence-electron chi connectivity index (χ2n) is 5.73. The van der Waals surface area contributed by atoms with Crippen molar-refractivity contribution >= 4 is 11.6 Å². The van der Waals surface area contributed by atoms with Crippen LogP contribution in [0.1, 0.15) is 5.56 Å². The van der Waals surface area contributed by atoms with Crippen LogP contribution in [-0.4, -0.2) is 33.8 Å². The normalized spacial score (nSPS) is 10.4. The molecule has 0 aliphatic heterocycles. The van der Waals surface area contributed by atoms with Gasteiger partial charge in [0.25, 0.3) is 5.91 Å². The molecule has 138 valence electrons. The second-order valence-corrected chi connectivity index (χ2v) is 5.73. The van der Waals surface area contributed by atoms with Crippen LogP contribution in [0, 0.1) is 10.1 Å². The van der Waals surface area contributed by atoms with Gasteiger partial charge >= 0.3 is 5.69 Å². The van der Waals surface area contributed by atoms with Gasteiger partial charge in [0.1, 0.15) is 0 Å². The summed E-state index contributed by atoms with van der Waals surface area (Å²) < 4.78 is 7.03. The van der Waals surface area contributed by atoms with Crippen LogP contribution in [0.15, 0.2) is 67.0 Å². The fourth-order valence-corrected chi connectivity index (χ4v) is 2.51. The molecule has 2 aromatic carbocycles. The van der Waals surface area contributed by atoms with Crippen LogP contribution >= 0.6 is 0 Å². The van der Waals surface area contributed by atoms with Gasteiger partial charge in [-0.25, -0.2) is 4.68 Å². The maximum atomic E-state index is 11.9. The lowest BCUT2D eigenvalue weighted by molar-refractivity contribution is -0.385. The van der Waals surface area contributed by atoms with Crippen LogP contribution < -0.4 is 10.1 Å². The van der Waals surface area contributed by atoms with E-state index in [1.807, 2.05) is 36.5 Å². The van der Waals surface area contributed by atoms with Gasteiger partial charge in [-0.3, -0.25) is 14.9 Å². The lowest BCUT2D eigenvalue weighted by Crippen LogP contribution is -2.30. The second kappa shape index (κ2) is 8.61. The summed E-state index contributed by atoms with van der Waals surface area (Å²) in [4.78, 5) is 22.3. The van der Waals surface area contributed by atoms with Gasteiger partial charge in [0.2, 0.25) is 0 Å². The fourth-order valence-electron chi connectivity index (χ4n) is 2.51. The predicted molar refractivity (Wildman–Crippen MR) is 98.9 cm³/mol. The van der Waals surface area contributed by atoms with E-state index in [-0.39, 0.29) is 24.0 Å². The van der Waals surface area contributed by atoms with Gasteiger partial charge in [-0.2, -0.15) is 5.10 Å². The van der Waals surface area contributed by atoms with Gasteiger partial charge in [-0.15, -0.1) is 0 Å². The molecular weight excluding hydrogens is 348 g/mol. The van der Waals surface area contributed by atoms with Gasteiger partial charge < -0.3 is 10.1 Å². The minimum atomic E-state index is -0.542. The number of para-hydroxylation sites is 2. The van der Waals surface area contributed by atoms with Gasteiger partial charge in [0.05, 0.1) is 10.6 Å². The number of nitro benzene ring substituents is 1. The molecule has 3 rings (SSSR count). The van der Waals surface area contributed by atoms with Crippen molar-refractivity contribution in [3.8, 4) is 11.4 Å². The molecule has 0 aliphatic carbocycles. The topological polar surface area (TPSA) is 99.3 Å². The van der Waals surface area contributed by atoms with Crippen molar-refractivity contribution in [2.75, 3.05) is 13.2 Å². The number of ether oxygens (including phenoxy) is 1. The van der Waals surface area contributed by atoms with Crippen LogP contribution in [0.5, 0.6) is 5.75 Å². The average Bonchev–Trinajstić information content (AvgIpc) is 3.22. The summed E-state index contributed by atoms with van der Waals surface area (Å²) in [6.07, 6.45) is 4.25. The Morgan fingerprint density at radius 2 is 1.93 bits per heavy atom. The quantitative estimate of drug-likeness (QED) is 0.488. The Balaban J connectivity index is 1.44. The van der Waals surface area contributed by atoms with E-state index < -0.39 is 4.92 Å². The smallest absolute Gasteiger partial charge is 0.310 e. The molecule has 0 saturated carbocycles. The zero-order valence-corrected chi connectivity index (χ0v) is 14.4. The SMILES string of the molecule is O=C(COc1ccccc1[N+](=O)[O-])NCCc1ccc(-n2cccn2)cc1. The highest BCUT2D eigenvalue weighted by atomic mass is 16.6. The van der Waals surface area contributed by atoms with Crippen LogP contribution in [0.4, 0.5) is 5.69 Å². The standard InChI is InChI=1S/C19H18N4O4/c24-19(14-27-18-5-2-1-4-17(18)23(25)26)20-12-10-15-6-8-16(9-7-15)22-13-3-11-21-22/h1-9,11,13H,10,12,14H2,(H,20,24). The number of nitro groups is 1. The number of aromatic nitrogens is 2. The van der Waals surface area contributed by atoms with Crippen molar-refractivity contribution in [3.63, 3.8) is 0 Å². The average molecular weight is 366 g/mol. The summed E-state index contributed by atoms with van der Waals surface area (Å²) >= 11 is 0. The summed E-state index contributed by atoms with van der Waals surface area (Å²) in [5.74, 6) is -0.256. The predicted octanol–water partition coefficient (Wildman–Crippen LogP) is 2.52. The van der Waals surface area contributed by atoms with Crippen molar-refractivity contribution in [1.82, 2.24) is 15.1 Å². The highest BCUT2D eigenvalue weighted by molar-refractivity contribution is 5.77.